The molecule has 1 N–H and O–H groups in total. The molecule has 144 valence electrons. The minimum Gasteiger partial charge on any atom is -0.348 e. The summed E-state index contributed by atoms with van der Waals surface area (Å²) < 4.78 is 13.7. The van der Waals surface area contributed by atoms with Crippen molar-refractivity contribution in [2.45, 2.75) is 44.6 Å². The predicted octanol–water partition coefficient (Wildman–Crippen LogP) is 5.56. The molecule has 1 aliphatic carbocycles. The summed E-state index contributed by atoms with van der Waals surface area (Å²) in [6.07, 6.45) is 2.49. The Morgan fingerprint density at radius 1 is 1.18 bits per heavy atom. The molecule has 0 aliphatic heterocycles. The van der Waals surface area contributed by atoms with Gasteiger partial charge in [-0.25, -0.2) is 9.37 Å². The number of aromatic nitrogens is 1. The number of hydrogen-bond donors (Lipinski definition) is 1. The zero-order valence-electron chi connectivity index (χ0n) is 16.0. The number of thiazole rings is 1. The molecule has 2 aromatic carbocycles. The molecule has 3 aromatic rings. The first-order valence-electron chi connectivity index (χ1n) is 9.59. The molecule has 1 aliphatic rings. The van der Waals surface area contributed by atoms with E-state index in [1.54, 1.807) is 17.4 Å². The van der Waals surface area contributed by atoms with E-state index in [-0.39, 0.29) is 17.8 Å². The molecular formula is C23H23FN2OS. The number of hydrogen-bond acceptors (Lipinski definition) is 3. The fraction of sp³-hybridized carbons (Fsp3) is 0.304. The predicted molar refractivity (Wildman–Crippen MR) is 111 cm³/mol. The summed E-state index contributed by atoms with van der Waals surface area (Å²) in [5.74, 6) is -0.318. The van der Waals surface area contributed by atoms with Gasteiger partial charge in [0, 0.05) is 5.56 Å². The molecule has 5 heteroatoms. The Hall–Kier alpha value is -2.53. The van der Waals surface area contributed by atoms with Gasteiger partial charge in [-0.1, -0.05) is 48.9 Å². The summed E-state index contributed by atoms with van der Waals surface area (Å²) in [6.45, 7) is 3.97. The number of amides is 1. The average molecular weight is 395 g/mol. The number of nitrogens with zero attached hydrogens (tertiary/aromatic N) is 1. The number of nitrogens with one attached hydrogen (secondary N) is 1. The van der Waals surface area contributed by atoms with E-state index in [2.05, 4.69) is 5.32 Å². The first-order chi connectivity index (χ1) is 13.5. The van der Waals surface area contributed by atoms with E-state index in [0.717, 1.165) is 46.0 Å². The Bertz CT molecular complexity index is 995. The molecule has 1 saturated carbocycles. The van der Waals surface area contributed by atoms with Gasteiger partial charge in [-0.2, -0.15) is 0 Å². The zero-order valence-corrected chi connectivity index (χ0v) is 16.9. The maximum atomic E-state index is 13.7. The molecule has 0 saturated heterocycles. The van der Waals surface area contributed by atoms with Gasteiger partial charge in [-0.15, -0.1) is 11.3 Å². The van der Waals surface area contributed by atoms with Gasteiger partial charge in [0.25, 0.3) is 0 Å². The van der Waals surface area contributed by atoms with E-state index in [4.69, 9.17) is 4.98 Å². The molecule has 1 aromatic heterocycles. The second-order valence-corrected chi connectivity index (χ2v) is 8.51. The molecule has 0 spiro atoms. The quantitative estimate of drug-likeness (QED) is 0.616. The van der Waals surface area contributed by atoms with Crippen LogP contribution in [0.25, 0.3) is 10.6 Å². The molecule has 4 rings (SSSR count). The third-order valence-electron chi connectivity index (χ3n) is 5.61. The lowest BCUT2D eigenvalue weighted by molar-refractivity contribution is -0.130. The summed E-state index contributed by atoms with van der Waals surface area (Å²) in [4.78, 5) is 18.9. The first kappa shape index (κ1) is 18.8. The number of carbonyl (C=O) groups excluding carboxylic acids is 1. The highest BCUT2D eigenvalue weighted by molar-refractivity contribution is 7.15. The van der Waals surface area contributed by atoms with Crippen LogP contribution in [0, 0.1) is 12.7 Å². The van der Waals surface area contributed by atoms with Crippen LogP contribution in [0.1, 0.15) is 48.4 Å². The summed E-state index contributed by atoms with van der Waals surface area (Å²) >= 11 is 1.61. The third-order valence-corrected chi connectivity index (χ3v) is 7.00. The largest absolute Gasteiger partial charge is 0.348 e. The van der Waals surface area contributed by atoms with Gasteiger partial charge in [-0.3, -0.25) is 4.79 Å². The number of rotatable bonds is 5. The standard InChI is InChI=1S/C23H23FN2OS/c1-15-20(28-21(25-15)17-8-4-3-5-9-17)16(2)26-22(27)23(12-7-13-23)18-10-6-11-19(24)14-18/h3-6,8-11,14,16H,7,12-13H2,1-2H3,(H,26,27). The van der Waals surface area contributed by atoms with E-state index >= 15 is 0 Å². The maximum absolute atomic E-state index is 13.7. The van der Waals surface area contributed by atoms with Gasteiger partial charge in [0.05, 0.1) is 22.0 Å². The Kier molecular flexibility index (Phi) is 5.02. The van der Waals surface area contributed by atoms with Crippen molar-refractivity contribution in [2.75, 3.05) is 0 Å². The van der Waals surface area contributed by atoms with Gasteiger partial charge >= 0.3 is 0 Å². The number of benzene rings is 2. The molecule has 0 radical (unpaired) electrons. The molecule has 1 unspecified atom stereocenters. The van der Waals surface area contributed by atoms with E-state index in [0.29, 0.717) is 0 Å². The van der Waals surface area contributed by atoms with E-state index in [1.807, 2.05) is 50.2 Å². The lowest BCUT2D eigenvalue weighted by atomic mass is 9.63. The third kappa shape index (κ3) is 3.35. The molecule has 0 bridgehead atoms. The monoisotopic (exact) mass is 394 g/mol. The van der Waals surface area contributed by atoms with Crippen molar-refractivity contribution in [3.05, 3.63) is 76.5 Å². The SMILES string of the molecule is Cc1nc(-c2ccccc2)sc1C(C)NC(=O)C1(c2cccc(F)c2)CCC1. The van der Waals surface area contributed by atoms with Crippen LogP contribution in [0.3, 0.4) is 0 Å². The van der Waals surface area contributed by atoms with Crippen LogP contribution in [-0.4, -0.2) is 10.9 Å². The summed E-state index contributed by atoms with van der Waals surface area (Å²) in [5, 5.41) is 4.13. The second-order valence-electron chi connectivity index (χ2n) is 7.48. The van der Waals surface area contributed by atoms with Crippen molar-refractivity contribution in [1.29, 1.82) is 0 Å². The smallest absolute Gasteiger partial charge is 0.231 e. The molecule has 1 atom stereocenters. The maximum Gasteiger partial charge on any atom is 0.231 e. The van der Waals surface area contributed by atoms with Crippen molar-refractivity contribution >= 4 is 17.2 Å². The second kappa shape index (κ2) is 7.47. The lowest BCUT2D eigenvalue weighted by Crippen LogP contribution is -2.49. The molecule has 3 nitrogen and oxygen atoms in total. The fourth-order valence-corrected chi connectivity index (χ4v) is 4.95. The van der Waals surface area contributed by atoms with Crippen LogP contribution in [0.2, 0.25) is 0 Å². The van der Waals surface area contributed by atoms with Gasteiger partial charge in [-0.05, 0) is 44.4 Å². The number of halogens is 1. The summed E-state index contributed by atoms with van der Waals surface area (Å²) in [7, 11) is 0. The normalized spacial score (nSPS) is 16.2. The average Bonchev–Trinajstić information content (AvgIpc) is 3.03. The van der Waals surface area contributed by atoms with Crippen molar-refractivity contribution in [3.8, 4) is 10.6 Å². The molecule has 1 fully saturated rings. The Morgan fingerprint density at radius 2 is 1.93 bits per heavy atom. The van der Waals surface area contributed by atoms with Gasteiger partial charge in [0.15, 0.2) is 0 Å². The van der Waals surface area contributed by atoms with Crippen LogP contribution in [0.5, 0.6) is 0 Å². The van der Waals surface area contributed by atoms with Crippen LogP contribution in [0.4, 0.5) is 4.39 Å². The van der Waals surface area contributed by atoms with E-state index in [9.17, 15) is 9.18 Å². The van der Waals surface area contributed by atoms with Gasteiger partial charge in [0.1, 0.15) is 10.8 Å². The molecule has 1 heterocycles. The number of aryl methyl sites for hydroxylation is 1. The van der Waals surface area contributed by atoms with Crippen molar-refractivity contribution in [2.24, 2.45) is 0 Å². The van der Waals surface area contributed by atoms with Crippen molar-refractivity contribution in [3.63, 3.8) is 0 Å². The molecule has 28 heavy (non-hydrogen) atoms. The lowest BCUT2D eigenvalue weighted by Gasteiger charge is -2.41. The van der Waals surface area contributed by atoms with Crippen molar-refractivity contribution in [1.82, 2.24) is 10.3 Å². The van der Waals surface area contributed by atoms with E-state index in [1.165, 1.54) is 12.1 Å². The van der Waals surface area contributed by atoms with Gasteiger partial charge < -0.3 is 5.32 Å². The van der Waals surface area contributed by atoms with Crippen molar-refractivity contribution < 1.29 is 9.18 Å². The van der Waals surface area contributed by atoms with Crippen LogP contribution in [0.15, 0.2) is 54.6 Å². The summed E-state index contributed by atoms with van der Waals surface area (Å²) in [5.41, 5.74) is 2.17. The van der Waals surface area contributed by atoms with Crippen LogP contribution >= 0.6 is 11.3 Å². The Balaban J connectivity index is 1.56. The zero-order chi connectivity index (χ0) is 19.7. The topological polar surface area (TPSA) is 42.0 Å². The highest BCUT2D eigenvalue weighted by atomic mass is 32.1. The Labute approximate surface area is 168 Å². The highest BCUT2D eigenvalue weighted by Crippen LogP contribution is 2.44. The Morgan fingerprint density at radius 3 is 2.57 bits per heavy atom. The highest BCUT2D eigenvalue weighted by Gasteiger charge is 2.46. The minimum absolute atomic E-state index is 0.0223. The molecular weight excluding hydrogens is 371 g/mol. The minimum atomic E-state index is -0.614. The summed E-state index contributed by atoms with van der Waals surface area (Å²) in [6, 6.07) is 16.4. The number of carbonyl (C=O) groups is 1. The first-order valence-corrected chi connectivity index (χ1v) is 10.4. The fourth-order valence-electron chi connectivity index (χ4n) is 3.88. The van der Waals surface area contributed by atoms with E-state index < -0.39 is 5.41 Å². The molecule has 1 amide bonds. The van der Waals surface area contributed by atoms with Crippen LogP contribution in [-0.2, 0) is 10.2 Å². The van der Waals surface area contributed by atoms with Crippen LogP contribution < -0.4 is 5.32 Å². The van der Waals surface area contributed by atoms with Gasteiger partial charge in [0.2, 0.25) is 5.91 Å².